The molecule has 26 heavy (non-hydrogen) atoms. The van der Waals surface area contributed by atoms with Crippen LogP contribution >= 0.6 is 23.4 Å². The van der Waals surface area contributed by atoms with Gasteiger partial charge in [-0.05, 0) is 24.3 Å². The second kappa shape index (κ2) is 6.77. The molecule has 10 heteroatoms. The lowest BCUT2D eigenvalue weighted by Gasteiger charge is -2.06. The largest absolute Gasteiger partial charge is 0.335 e. The third kappa shape index (κ3) is 2.91. The van der Waals surface area contributed by atoms with Crippen LogP contribution in [0.3, 0.4) is 0 Å². The first-order valence-corrected chi connectivity index (χ1v) is 8.92. The number of rotatable bonds is 4. The fraction of sp³-hybridized carbons (Fsp3) is 0.0625. The van der Waals surface area contributed by atoms with Crippen molar-refractivity contribution in [2.24, 2.45) is 0 Å². The van der Waals surface area contributed by atoms with Crippen molar-refractivity contribution in [3.05, 3.63) is 63.9 Å². The van der Waals surface area contributed by atoms with Gasteiger partial charge in [-0.2, -0.15) is 4.68 Å². The molecular formula is C16H12ClN7OS. The molecule has 4 rings (SSSR count). The van der Waals surface area contributed by atoms with Crippen molar-refractivity contribution < 1.29 is 0 Å². The molecule has 0 saturated heterocycles. The van der Waals surface area contributed by atoms with E-state index < -0.39 is 0 Å². The van der Waals surface area contributed by atoms with E-state index in [-0.39, 0.29) is 11.4 Å². The van der Waals surface area contributed by atoms with Crippen molar-refractivity contribution in [3.8, 4) is 11.4 Å². The Morgan fingerprint density at radius 3 is 2.65 bits per heavy atom. The first-order chi connectivity index (χ1) is 12.6. The van der Waals surface area contributed by atoms with Crippen LogP contribution in [0.15, 0.2) is 58.5 Å². The van der Waals surface area contributed by atoms with Gasteiger partial charge in [-0.25, -0.2) is 4.68 Å². The minimum Gasteiger partial charge on any atom is -0.335 e. The number of halogens is 1. The SMILES string of the molecule is Nn1c(SCn2nnc3ccccc3c2=O)nnc1-c1ccccc1Cl. The van der Waals surface area contributed by atoms with Gasteiger partial charge in [0.25, 0.3) is 5.56 Å². The van der Waals surface area contributed by atoms with E-state index >= 15 is 0 Å². The predicted molar refractivity (Wildman–Crippen MR) is 100 cm³/mol. The molecule has 2 aromatic heterocycles. The van der Waals surface area contributed by atoms with Crippen LogP contribution in [0.2, 0.25) is 5.02 Å². The van der Waals surface area contributed by atoms with Gasteiger partial charge < -0.3 is 5.84 Å². The van der Waals surface area contributed by atoms with Crippen molar-refractivity contribution in [3.63, 3.8) is 0 Å². The van der Waals surface area contributed by atoms with Crippen LogP contribution < -0.4 is 11.4 Å². The van der Waals surface area contributed by atoms with Gasteiger partial charge in [0.2, 0.25) is 5.16 Å². The zero-order valence-corrected chi connectivity index (χ0v) is 14.9. The molecule has 2 heterocycles. The Balaban J connectivity index is 1.61. The highest BCUT2D eigenvalue weighted by atomic mass is 35.5. The predicted octanol–water partition coefficient (Wildman–Crippen LogP) is 2.17. The standard InChI is InChI=1S/C16H12ClN7OS/c17-12-7-3-1-5-10(12)14-20-21-16(24(14)18)26-9-23-15(25)11-6-2-4-8-13(11)19-22-23/h1-8H,9,18H2. The molecule has 0 aliphatic carbocycles. The Morgan fingerprint density at radius 1 is 1.04 bits per heavy atom. The van der Waals surface area contributed by atoms with E-state index in [0.717, 1.165) is 0 Å². The Kier molecular flexibility index (Phi) is 4.31. The lowest BCUT2D eigenvalue weighted by atomic mass is 10.2. The van der Waals surface area contributed by atoms with E-state index in [1.807, 2.05) is 24.3 Å². The van der Waals surface area contributed by atoms with Crippen LogP contribution in [0, 0.1) is 0 Å². The minimum absolute atomic E-state index is 0.203. The monoisotopic (exact) mass is 385 g/mol. The molecule has 130 valence electrons. The zero-order chi connectivity index (χ0) is 18.1. The second-order valence-corrected chi connectivity index (χ2v) is 6.66. The van der Waals surface area contributed by atoms with Crippen molar-refractivity contribution in [1.82, 2.24) is 29.9 Å². The summed E-state index contributed by atoms with van der Waals surface area (Å²) in [5.74, 6) is 6.73. The number of fused-ring (bicyclic) bond motifs is 1. The number of thioether (sulfide) groups is 1. The average Bonchev–Trinajstić information content (AvgIpc) is 3.02. The van der Waals surface area contributed by atoms with Crippen LogP contribution in [0.1, 0.15) is 0 Å². The summed E-state index contributed by atoms with van der Waals surface area (Å²) >= 11 is 7.41. The van der Waals surface area contributed by atoms with Crippen molar-refractivity contribution in [1.29, 1.82) is 0 Å². The van der Waals surface area contributed by atoms with Gasteiger partial charge in [0, 0.05) is 5.56 Å². The molecule has 0 amide bonds. The fourth-order valence-corrected chi connectivity index (χ4v) is 3.38. The molecule has 0 saturated carbocycles. The number of benzene rings is 2. The van der Waals surface area contributed by atoms with E-state index in [4.69, 9.17) is 17.4 Å². The average molecular weight is 386 g/mol. The maximum atomic E-state index is 12.5. The Morgan fingerprint density at radius 2 is 1.81 bits per heavy atom. The highest BCUT2D eigenvalue weighted by molar-refractivity contribution is 7.98. The number of nitrogen functional groups attached to an aromatic ring is 1. The number of hydrogen-bond donors (Lipinski definition) is 1. The van der Waals surface area contributed by atoms with E-state index in [0.29, 0.717) is 32.5 Å². The second-order valence-electron chi connectivity index (χ2n) is 5.34. The number of nitrogens with zero attached hydrogens (tertiary/aromatic N) is 6. The number of nitrogens with two attached hydrogens (primary N) is 1. The van der Waals surface area contributed by atoms with Crippen molar-refractivity contribution in [2.45, 2.75) is 11.0 Å². The summed E-state index contributed by atoms with van der Waals surface area (Å²) in [6.07, 6.45) is 0. The molecule has 0 bridgehead atoms. The van der Waals surface area contributed by atoms with Gasteiger partial charge in [0.15, 0.2) is 5.82 Å². The summed E-state index contributed by atoms with van der Waals surface area (Å²) in [5, 5.41) is 17.6. The molecule has 0 aliphatic heterocycles. The van der Waals surface area contributed by atoms with Crippen LogP contribution in [0.25, 0.3) is 22.3 Å². The Labute approximate surface area is 156 Å². The third-order valence-electron chi connectivity index (χ3n) is 3.72. The molecule has 0 aliphatic rings. The first-order valence-electron chi connectivity index (χ1n) is 7.56. The van der Waals surface area contributed by atoms with E-state index in [1.165, 1.54) is 21.1 Å². The van der Waals surface area contributed by atoms with Crippen LogP contribution in [-0.4, -0.2) is 29.9 Å². The number of hydrogen-bond acceptors (Lipinski definition) is 7. The lowest BCUT2D eigenvalue weighted by Crippen LogP contribution is -2.23. The van der Waals surface area contributed by atoms with Crippen LogP contribution in [-0.2, 0) is 5.88 Å². The summed E-state index contributed by atoms with van der Waals surface area (Å²) in [4.78, 5) is 12.5. The molecule has 2 N–H and O–H groups in total. The summed E-state index contributed by atoms with van der Waals surface area (Å²) in [6.45, 7) is 0. The molecule has 0 fully saturated rings. The van der Waals surface area contributed by atoms with Gasteiger partial charge in [0.1, 0.15) is 5.52 Å². The topological polar surface area (TPSA) is 105 Å². The van der Waals surface area contributed by atoms with Crippen LogP contribution in [0.5, 0.6) is 0 Å². The fourth-order valence-electron chi connectivity index (χ4n) is 2.43. The highest BCUT2D eigenvalue weighted by Crippen LogP contribution is 2.27. The molecule has 0 radical (unpaired) electrons. The zero-order valence-electron chi connectivity index (χ0n) is 13.3. The summed E-state index contributed by atoms with van der Waals surface area (Å²) < 4.78 is 2.60. The van der Waals surface area contributed by atoms with E-state index in [9.17, 15) is 4.79 Å². The molecule has 0 atom stereocenters. The molecule has 4 aromatic rings. The Hall–Kier alpha value is -2.91. The molecule has 8 nitrogen and oxygen atoms in total. The van der Waals surface area contributed by atoms with E-state index in [2.05, 4.69) is 20.5 Å². The summed E-state index contributed by atoms with van der Waals surface area (Å²) in [5.41, 5.74) is 1.01. The molecule has 0 spiro atoms. The number of aromatic nitrogens is 6. The smallest absolute Gasteiger partial charge is 0.278 e. The maximum absolute atomic E-state index is 12.5. The minimum atomic E-state index is -0.225. The van der Waals surface area contributed by atoms with Gasteiger partial charge >= 0.3 is 0 Å². The van der Waals surface area contributed by atoms with Crippen molar-refractivity contribution in [2.75, 3.05) is 5.84 Å². The quantitative estimate of drug-likeness (QED) is 0.424. The van der Waals surface area contributed by atoms with Gasteiger partial charge in [-0.15, -0.1) is 15.3 Å². The normalized spacial score (nSPS) is 11.1. The van der Waals surface area contributed by atoms with Gasteiger partial charge in [0.05, 0.1) is 16.3 Å². The highest BCUT2D eigenvalue weighted by Gasteiger charge is 2.15. The maximum Gasteiger partial charge on any atom is 0.278 e. The van der Waals surface area contributed by atoms with Gasteiger partial charge in [-0.1, -0.05) is 52.8 Å². The van der Waals surface area contributed by atoms with Crippen LogP contribution in [0.4, 0.5) is 0 Å². The molecular weight excluding hydrogens is 374 g/mol. The Bertz CT molecular complexity index is 1160. The van der Waals surface area contributed by atoms with E-state index in [1.54, 1.807) is 24.3 Å². The summed E-state index contributed by atoms with van der Waals surface area (Å²) in [6, 6.07) is 14.3. The third-order valence-corrected chi connectivity index (χ3v) is 4.96. The lowest BCUT2D eigenvalue weighted by molar-refractivity contribution is 0.642. The molecule has 2 aromatic carbocycles. The molecule has 0 unspecified atom stereocenters. The summed E-state index contributed by atoms with van der Waals surface area (Å²) in [7, 11) is 0. The first kappa shape index (κ1) is 16.6. The van der Waals surface area contributed by atoms with Crippen molar-refractivity contribution >= 4 is 34.3 Å². The van der Waals surface area contributed by atoms with Gasteiger partial charge in [-0.3, -0.25) is 4.79 Å².